The summed E-state index contributed by atoms with van der Waals surface area (Å²) in [5, 5.41) is 14.0. The average molecular weight is 446 g/mol. The van der Waals surface area contributed by atoms with Gasteiger partial charge in [-0.25, -0.2) is 0 Å². The first-order valence-corrected chi connectivity index (χ1v) is 10.6. The Hall–Kier alpha value is -3.17. The fourth-order valence-corrected chi connectivity index (χ4v) is 4.06. The first-order valence-electron chi connectivity index (χ1n) is 10.6. The summed E-state index contributed by atoms with van der Waals surface area (Å²) >= 11 is 0. The number of aromatic nitrogens is 4. The molecule has 1 saturated heterocycles. The minimum Gasteiger partial charge on any atom is -0.355 e. The Morgan fingerprint density at radius 3 is 2.38 bits per heavy atom. The number of anilines is 1. The van der Waals surface area contributed by atoms with Crippen molar-refractivity contribution in [1.29, 1.82) is 0 Å². The maximum atomic E-state index is 13.1. The third kappa shape index (κ3) is 4.53. The van der Waals surface area contributed by atoms with Gasteiger partial charge in [-0.2, -0.15) is 17.7 Å². The Kier molecular flexibility index (Phi) is 6.03. The molecule has 0 saturated carbocycles. The van der Waals surface area contributed by atoms with E-state index < -0.39 is 12.0 Å². The molecule has 10 heteroatoms. The molecule has 0 bridgehead atoms. The highest BCUT2D eigenvalue weighted by atomic mass is 19.4. The van der Waals surface area contributed by atoms with Crippen molar-refractivity contribution in [2.75, 3.05) is 18.0 Å². The number of carbonyl (C=O) groups is 1. The van der Waals surface area contributed by atoms with Crippen LogP contribution >= 0.6 is 0 Å². The summed E-state index contributed by atoms with van der Waals surface area (Å²) in [5.41, 5.74) is 1.11. The lowest BCUT2D eigenvalue weighted by Gasteiger charge is -2.33. The molecule has 0 aliphatic carbocycles. The monoisotopic (exact) mass is 446 g/mol. The van der Waals surface area contributed by atoms with Crippen LogP contribution in [0.15, 0.2) is 42.5 Å². The van der Waals surface area contributed by atoms with Gasteiger partial charge >= 0.3 is 6.18 Å². The smallest absolute Gasteiger partial charge is 0.355 e. The molecule has 3 heterocycles. The number of nitrogens with one attached hydrogen (secondary N) is 1. The highest BCUT2D eigenvalue weighted by Crippen LogP contribution is 2.29. The molecule has 2 aromatic heterocycles. The number of hydrogen-bond acceptors (Lipinski definition) is 5. The van der Waals surface area contributed by atoms with E-state index in [1.807, 2.05) is 35.2 Å². The van der Waals surface area contributed by atoms with Gasteiger partial charge in [0.2, 0.25) is 5.91 Å². The third-order valence-corrected chi connectivity index (χ3v) is 5.82. The molecule has 0 spiro atoms. The van der Waals surface area contributed by atoms with Crippen molar-refractivity contribution in [3.63, 3.8) is 0 Å². The van der Waals surface area contributed by atoms with Gasteiger partial charge in [0.25, 0.3) is 5.82 Å². The molecule has 1 N–H and O–H groups in total. The lowest BCUT2D eigenvalue weighted by Crippen LogP contribution is -2.42. The van der Waals surface area contributed by atoms with Crippen LogP contribution in [0, 0.1) is 11.8 Å². The SMILES string of the molecule is CC(C)[C@@H](NC(=O)C1CCN(c2ccc3nnc(C(F)(F)F)n3n2)CC1)c1ccccc1. The highest BCUT2D eigenvalue weighted by Gasteiger charge is 2.38. The average Bonchev–Trinajstić information content (AvgIpc) is 3.21. The van der Waals surface area contributed by atoms with Crippen molar-refractivity contribution in [3.8, 4) is 0 Å². The summed E-state index contributed by atoms with van der Waals surface area (Å²) in [7, 11) is 0. The number of alkyl halides is 3. The van der Waals surface area contributed by atoms with E-state index in [0.717, 1.165) is 10.1 Å². The van der Waals surface area contributed by atoms with Crippen molar-refractivity contribution in [2.45, 2.75) is 38.9 Å². The first kappa shape index (κ1) is 22.0. The molecule has 3 aromatic rings. The van der Waals surface area contributed by atoms with Crippen molar-refractivity contribution >= 4 is 17.4 Å². The number of benzene rings is 1. The van der Waals surface area contributed by atoms with Gasteiger partial charge in [-0.15, -0.1) is 15.3 Å². The molecule has 170 valence electrons. The van der Waals surface area contributed by atoms with E-state index in [9.17, 15) is 18.0 Å². The maximum absolute atomic E-state index is 13.1. The molecular formula is C22H25F3N6O. The Bertz CT molecular complexity index is 1070. The predicted octanol–water partition coefficient (Wildman–Crippen LogP) is 3.87. The van der Waals surface area contributed by atoms with Crippen LogP contribution in [0.2, 0.25) is 0 Å². The van der Waals surface area contributed by atoms with Crippen molar-refractivity contribution in [3.05, 3.63) is 53.9 Å². The Labute approximate surface area is 183 Å². The van der Waals surface area contributed by atoms with Crippen LogP contribution in [0.25, 0.3) is 5.65 Å². The van der Waals surface area contributed by atoms with Gasteiger partial charge in [0.05, 0.1) is 6.04 Å². The Balaban J connectivity index is 1.42. The standard InChI is InChI=1S/C22H25F3N6O/c1-14(2)19(15-6-4-3-5-7-15)26-20(32)16-10-12-30(13-11-16)18-9-8-17-27-28-21(22(23,24)25)31(17)29-18/h3-9,14,16,19H,10-13H2,1-2H3,(H,26,32)/t19-/m1/s1. The minimum absolute atomic E-state index is 0.00813. The molecule has 0 radical (unpaired) electrons. The molecule has 4 rings (SSSR count). The van der Waals surface area contributed by atoms with Gasteiger partial charge in [-0.3, -0.25) is 4.79 Å². The Morgan fingerprint density at radius 2 is 1.75 bits per heavy atom. The summed E-state index contributed by atoms with van der Waals surface area (Å²) in [4.78, 5) is 14.8. The molecule has 32 heavy (non-hydrogen) atoms. The lowest BCUT2D eigenvalue weighted by atomic mass is 9.92. The second-order valence-corrected chi connectivity index (χ2v) is 8.39. The number of fused-ring (bicyclic) bond motifs is 1. The second kappa shape index (κ2) is 8.76. The zero-order chi connectivity index (χ0) is 22.9. The second-order valence-electron chi connectivity index (χ2n) is 8.39. The number of carbonyl (C=O) groups excluding carboxylic acids is 1. The fraction of sp³-hybridized carbons (Fsp3) is 0.455. The van der Waals surface area contributed by atoms with Gasteiger partial charge in [0, 0.05) is 19.0 Å². The number of hydrogen-bond donors (Lipinski definition) is 1. The molecule has 7 nitrogen and oxygen atoms in total. The lowest BCUT2D eigenvalue weighted by molar-refractivity contribution is -0.146. The fourth-order valence-electron chi connectivity index (χ4n) is 4.06. The maximum Gasteiger partial charge on any atom is 0.453 e. The van der Waals surface area contributed by atoms with Gasteiger partial charge < -0.3 is 10.2 Å². The molecule has 1 aliphatic rings. The van der Waals surface area contributed by atoms with E-state index in [0.29, 0.717) is 31.7 Å². The topological polar surface area (TPSA) is 75.4 Å². The van der Waals surface area contributed by atoms with E-state index in [4.69, 9.17) is 0 Å². The normalized spacial score (nSPS) is 16.5. The van der Waals surface area contributed by atoms with E-state index >= 15 is 0 Å². The van der Waals surface area contributed by atoms with Crippen LogP contribution in [0.5, 0.6) is 0 Å². The van der Waals surface area contributed by atoms with Crippen molar-refractivity contribution < 1.29 is 18.0 Å². The quantitative estimate of drug-likeness (QED) is 0.644. The van der Waals surface area contributed by atoms with Crippen LogP contribution in [0.4, 0.5) is 19.0 Å². The molecule has 1 aromatic carbocycles. The van der Waals surface area contributed by atoms with Crippen LogP contribution in [-0.4, -0.2) is 38.8 Å². The summed E-state index contributed by atoms with van der Waals surface area (Å²) in [5.74, 6) is -0.645. The minimum atomic E-state index is -4.64. The summed E-state index contributed by atoms with van der Waals surface area (Å²) < 4.78 is 40.1. The number of piperidine rings is 1. The molecule has 1 fully saturated rings. The number of rotatable bonds is 5. The number of amides is 1. The van der Waals surface area contributed by atoms with Gasteiger partial charge in [-0.1, -0.05) is 44.2 Å². The number of halogens is 3. The van der Waals surface area contributed by atoms with E-state index in [1.165, 1.54) is 6.07 Å². The first-order chi connectivity index (χ1) is 15.2. The summed E-state index contributed by atoms with van der Waals surface area (Å²) in [6.45, 7) is 5.20. The van der Waals surface area contributed by atoms with Gasteiger partial charge in [-0.05, 0) is 36.5 Å². The molecule has 1 amide bonds. The summed E-state index contributed by atoms with van der Waals surface area (Å²) in [6.07, 6.45) is -3.44. The van der Waals surface area contributed by atoms with E-state index in [2.05, 4.69) is 34.5 Å². The van der Waals surface area contributed by atoms with Gasteiger partial charge in [0.1, 0.15) is 5.82 Å². The van der Waals surface area contributed by atoms with Gasteiger partial charge in [0.15, 0.2) is 5.65 Å². The van der Waals surface area contributed by atoms with E-state index in [-0.39, 0.29) is 29.4 Å². The third-order valence-electron chi connectivity index (χ3n) is 5.82. The van der Waals surface area contributed by atoms with Crippen molar-refractivity contribution in [1.82, 2.24) is 25.1 Å². The zero-order valence-electron chi connectivity index (χ0n) is 17.9. The Morgan fingerprint density at radius 1 is 1.06 bits per heavy atom. The van der Waals surface area contributed by atoms with Crippen LogP contribution in [-0.2, 0) is 11.0 Å². The van der Waals surface area contributed by atoms with Crippen LogP contribution in [0.3, 0.4) is 0 Å². The molecule has 1 aliphatic heterocycles. The number of nitrogens with zero attached hydrogens (tertiary/aromatic N) is 5. The van der Waals surface area contributed by atoms with Crippen LogP contribution in [0.1, 0.15) is 44.1 Å². The predicted molar refractivity (Wildman–Crippen MR) is 113 cm³/mol. The largest absolute Gasteiger partial charge is 0.453 e. The molecular weight excluding hydrogens is 421 g/mol. The van der Waals surface area contributed by atoms with Crippen molar-refractivity contribution in [2.24, 2.45) is 11.8 Å². The van der Waals surface area contributed by atoms with E-state index in [1.54, 1.807) is 6.07 Å². The summed E-state index contributed by atoms with van der Waals surface area (Å²) in [6, 6.07) is 12.9. The zero-order valence-corrected chi connectivity index (χ0v) is 17.9. The van der Waals surface area contributed by atoms with Crippen LogP contribution < -0.4 is 10.2 Å². The highest BCUT2D eigenvalue weighted by molar-refractivity contribution is 5.79. The molecule has 0 unspecified atom stereocenters. The molecule has 1 atom stereocenters.